The van der Waals surface area contributed by atoms with Crippen LogP contribution in [0.4, 0.5) is 0 Å². The third-order valence-corrected chi connectivity index (χ3v) is 5.19. The molecule has 0 radical (unpaired) electrons. The maximum atomic E-state index is 3.42. The van der Waals surface area contributed by atoms with E-state index >= 15 is 0 Å². The topological polar surface area (TPSA) is 12.0 Å². The fourth-order valence-corrected chi connectivity index (χ4v) is 2.86. The molecule has 1 aliphatic rings. The van der Waals surface area contributed by atoms with Gasteiger partial charge in [-0.25, -0.2) is 0 Å². The summed E-state index contributed by atoms with van der Waals surface area (Å²) in [6.45, 7) is 12.0. The van der Waals surface area contributed by atoms with Gasteiger partial charge in [0.1, 0.15) is 0 Å². The largest absolute Gasteiger partial charge is 0.317 e. The van der Waals surface area contributed by atoms with Crippen LogP contribution in [0.1, 0.15) is 47.5 Å². The van der Waals surface area contributed by atoms with Crippen LogP contribution >= 0.6 is 0 Å². The van der Waals surface area contributed by atoms with E-state index in [2.05, 4.69) is 47.0 Å². The van der Waals surface area contributed by atoms with Crippen LogP contribution in [0.3, 0.4) is 0 Å². The van der Waals surface area contributed by atoms with Crippen LogP contribution in [0.2, 0.25) is 0 Å². The molecule has 1 heteroatoms. The first-order valence-electron chi connectivity index (χ1n) is 5.53. The Bertz CT molecular complexity index is 186. The minimum absolute atomic E-state index is 0.459. The quantitative estimate of drug-likeness (QED) is 0.694. The summed E-state index contributed by atoms with van der Waals surface area (Å²) in [5.41, 5.74) is 0.927. The first-order valence-corrected chi connectivity index (χ1v) is 5.53. The van der Waals surface area contributed by atoms with E-state index in [0.29, 0.717) is 16.9 Å². The van der Waals surface area contributed by atoms with E-state index in [1.54, 1.807) is 0 Å². The van der Waals surface area contributed by atoms with Crippen molar-refractivity contribution in [3.05, 3.63) is 0 Å². The number of hydrogen-bond acceptors (Lipinski definition) is 1. The minimum atomic E-state index is 0.459. The summed E-state index contributed by atoms with van der Waals surface area (Å²) >= 11 is 0. The Balaban J connectivity index is 2.91. The highest BCUT2D eigenvalue weighted by Gasteiger charge is 2.51. The monoisotopic (exact) mass is 183 g/mol. The van der Waals surface area contributed by atoms with E-state index in [-0.39, 0.29) is 0 Å². The summed E-state index contributed by atoms with van der Waals surface area (Å²) in [4.78, 5) is 0. The maximum Gasteiger partial charge on any atom is 0.00947 e. The Hall–Kier alpha value is -0.0400. The molecule has 1 fully saturated rings. The van der Waals surface area contributed by atoms with Crippen molar-refractivity contribution in [1.29, 1.82) is 0 Å². The van der Waals surface area contributed by atoms with Crippen LogP contribution in [0.5, 0.6) is 0 Å². The van der Waals surface area contributed by atoms with Gasteiger partial charge in [0.25, 0.3) is 0 Å². The van der Waals surface area contributed by atoms with Crippen LogP contribution in [-0.2, 0) is 0 Å². The molecule has 0 bridgehead atoms. The highest BCUT2D eigenvalue weighted by atomic mass is 14.9. The van der Waals surface area contributed by atoms with Gasteiger partial charge in [0.15, 0.2) is 0 Å². The molecular formula is C12H25N. The van der Waals surface area contributed by atoms with Gasteiger partial charge in [0, 0.05) is 6.04 Å². The van der Waals surface area contributed by atoms with Gasteiger partial charge >= 0.3 is 0 Å². The van der Waals surface area contributed by atoms with Crippen molar-refractivity contribution < 1.29 is 0 Å². The number of hydrogen-bond donors (Lipinski definition) is 1. The van der Waals surface area contributed by atoms with Crippen LogP contribution in [0, 0.1) is 16.7 Å². The molecule has 1 aliphatic carbocycles. The van der Waals surface area contributed by atoms with Crippen molar-refractivity contribution in [2.45, 2.75) is 53.5 Å². The molecule has 0 heterocycles. The molecular weight excluding hydrogens is 158 g/mol. The van der Waals surface area contributed by atoms with Gasteiger partial charge in [0.05, 0.1) is 0 Å². The van der Waals surface area contributed by atoms with Gasteiger partial charge in [0.2, 0.25) is 0 Å². The fraction of sp³-hybridized carbons (Fsp3) is 1.00. The van der Waals surface area contributed by atoms with E-state index in [1.165, 1.54) is 12.8 Å². The lowest BCUT2D eigenvalue weighted by atomic mass is 9.63. The average molecular weight is 183 g/mol. The molecule has 1 rings (SSSR count). The third kappa shape index (κ3) is 1.41. The Morgan fingerprint density at radius 1 is 1.31 bits per heavy atom. The lowest BCUT2D eigenvalue weighted by Crippen LogP contribution is -2.47. The first-order chi connectivity index (χ1) is 5.86. The minimum Gasteiger partial charge on any atom is -0.317 e. The molecule has 0 saturated heterocycles. The molecule has 0 aromatic rings. The molecule has 0 spiro atoms. The Labute approximate surface area is 83.3 Å². The lowest BCUT2D eigenvalue weighted by Gasteiger charge is -2.45. The molecule has 13 heavy (non-hydrogen) atoms. The molecule has 0 aromatic heterocycles. The first kappa shape index (κ1) is 11.0. The third-order valence-electron chi connectivity index (χ3n) is 5.19. The number of nitrogens with one attached hydrogen (secondary N) is 1. The van der Waals surface area contributed by atoms with Crippen molar-refractivity contribution in [3.8, 4) is 0 Å². The van der Waals surface area contributed by atoms with E-state index in [0.717, 1.165) is 5.92 Å². The van der Waals surface area contributed by atoms with Crippen molar-refractivity contribution in [3.63, 3.8) is 0 Å². The van der Waals surface area contributed by atoms with Crippen molar-refractivity contribution in [2.24, 2.45) is 16.7 Å². The summed E-state index contributed by atoms with van der Waals surface area (Å²) < 4.78 is 0. The van der Waals surface area contributed by atoms with Crippen LogP contribution in [0.15, 0.2) is 0 Å². The van der Waals surface area contributed by atoms with E-state index in [9.17, 15) is 0 Å². The van der Waals surface area contributed by atoms with Gasteiger partial charge in [-0.15, -0.1) is 0 Å². The van der Waals surface area contributed by atoms with E-state index < -0.39 is 0 Å². The summed E-state index contributed by atoms with van der Waals surface area (Å²) in [5.74, 6) is 0.855. The van der Waals surface area contributed by atoms with Crippen LogP contribution < -0.4 is 5.32 Å². The van der Waals surface area contributed by atoms with Gasteiger partial charge < -0.3 is 5.32 Å². The molecule has 0 aromatic carbocycles. The SMILES string of the molecule is CNC(C)C1(C)CCC(C)C1(C)C. The lowest BCUT2D eigenvalue weighted by molar-refractivity contribution is 0.0615. The zero-order chi connectivity index (χ0) is 10.3. The maximum absolute atomic E-state index is 3.42. The van der Waals surface area contributed by atoms with Crippen molar-refractivity contribution in [1.82, 2.24) is 5.32 Å². The highest BCUT2D eigenvalue weighted by molar-refractivity contribution is 5.03. The van der Waals surface area contributed by atoms with Gasteiger partial charge in [-0.3, -0.25) is 0 Å². The molecule has 1 saturated carbocycles. The highest BCUT2D eigenvalue weighted by Crippen LogP contribution is 2.57. The second-order valence-corrected chi connectivity index (χ2v) is 5.59. The molecule has 3 unspecified atom stereocenters. The molecule has 1 N–H and O–H groups in total. The summed E-state index contributed by atoms with van der Waals surface area (Å²) in [7, 11) is 2.08. The fourth-order valence-electron chi connectivity index (χ4n) is 2.86. The predicted molar refractivity (Wildman–Crippen MR) is 58.8 cm³/mol. The smallest absolute Gasteiger partial charge is 0.00947 e. The molecule has 0 amide bonds. The second-order valence-electron chi connectivity index (χ2n) is 5.59. The van der Waals surface area contributed by atoms with Crippen LogP contribution in [0.25, 0.3) is 0 Å². The second kappa shape index (κ2) is 3.27. The summed E-state index contributed by atoms with van der Waals surface area (Å²) in [6, 6.07) is 0.618. The Kier molecular flexibility index (Phi) is 2.78. The molecule has 0 aliphatic heterocycles. The normalized spacial score (nSPS) is 40.6. The summed E-state index contributed by atoms with van der Waals surface area (Å²) in [6.07, 6.45) is 2.75. The molecule has 3 atom stereocenters. The zero-order valence-electron chi connectivity index (χ0n) is 10.1. The van der Waals surface area contributed by atoms with Gasteiger partial charge in [-0.2, -0.15) is 0 Å². The summed E-state index contributed by atoms with van der Waals surface area (Å²) in [5, 5.41) is 3.42. The molecule has 78 valence electrons. The predicted octanol–water partition coefficient (Wildman–Crippen LogP) is 3.06. The average Bonchev–Trinajstić information content (AvgIpc) is 2.29. The molecule has 1 nitrogen and oxygen atoms in total. The Morgan fingerprint density at radius 2 is 1.85 bits per heavy atom. The van der Waals surface area contributed by atoms with E-state index in [4.69, 9.17) is 0 Å². The van der Waals surface area contributed by atoms with Gasteiger partial charge in [-0.1, -0.05) is 27.7 Å². The zero-order valence-corrected chi connectivity index (χ0v) is 10.1. The Morgan fingerprint density at radius 3 is 2.15 bits per heavy atom. The van der Waals surface area contributed by atoms with Crippen molar-refractivity contribution >= 4 is 0 Å². The van der Waals surface area contributed by atoms with Crippen molar-refractivity contribution in [2.75, 3.05) is 7.05 Å². The standard InChI is InChI=1S/C12H25N/c1-9-7-8-12(5,10(2)13-6)11(9,3)4/h9-10,13H,7-8H2,1-6H3. The van der Waals surface area contributed by atoms with E-state index in [1.807, 2.05) is 0 Å². The number of rotatable bonds is 2. The van der Waals surface area contributed by atoms with Gasteiger partial charge in [-0.05, 0) is 43.6 Å². The van der Waals surface area contributed by atoms with Crippen LogP contribution in [-0.4, -0.2) is 13.1 Å².